The van der Waals surface area contributed by atoms with E-state index in [1.807, 2.05) is 7.05 Å². The summed E-state index contributed by atoms with van der Waals surface area (Å²) < 4.78 is 1.13. The SMILES string of the molecule is CNc1nc(C(C)(C)C)nc(C(C)C)c1I. The normalized spacial score (nSPS) is 12.0. The van der Waals surface area contributed by atoms with Crippen molar-refractivity contribution in [1.82, 2.24) is 9.97 Å². The lowest BCUT2D eigenvalue weighted by molar-refractivity contribution is 0.538. The molecule has 4 heteroatoms. The predicted molar refractivity (Wildman–Crippen MR) is 77.1 cm³/mol. The van der Waals surface area contributed by atoms with E-state index >= 15 is 0 Å². The Morgan fingerprint density at radius 2 is 1.75 bits per heavy atom. The highest BCUT2D eigenvalue weighted by atomic mass is 127. The summed E-state index contributed by atoms with van der Waals surface area (Å²) in [5.74, 6) is 2.26. The zero-order valence-electron chi connectivity index (χ0n) is 10.8. The van der Waals surface area contributed by atoms with Crippen LogP contribution in [0.15, 0.2) is 0 Å². The van der Waals surface area contributed by atoms with Crippen LogP contribution in [0, 0.1) is 3.57 Å². The van der Waals surface area contributed by atoms with Crippen LogP contribution in [0.5, 0.6) is 0 Å². The molecule has 1 aromatic heterocycles. The monoisotopic (exact) mass is 333 g/mol. The van der Waals surface area contributed by atoms with Crippen molar-refractivity contribution in [1.29, 1.82) is 0 Å². The topological polar surface area (TPSA) is 37.8 Å². The Bertz CT molecular complexity index is 381. The molecule has 3 nitrogen and oxygen atoms in total. The predicted octanol–water partition coefficient (Wildman–Crippen LogP) is 3.54. The first-order valence-electron chi connectivity index (χ1n) is 5.53. The molecule has 1 N–H and O–H groups in total. The molecule has 0 saturated carbocycles. The van der Waals surface area contributed by atoms with Gasteiger partial charge in [0.1, 0.15) is 11.6 Å². The maximum Gasteiger partial charge on any atom is 0.143 e. The van der Waals surface area contributed by atoms with Crippen molar-refractivity contribution in [2.45, 2.75) is 46.0 Å². The van der Waals surface area contributed by atoms with Crippen molar-refractivity contribution in [2.75, 3.05) is 12.4 Å². The van der Waals surface area contributed by atoms with Crippen molar-refractivity contribution >= 4 is 28.4 Å². The van der Waals surface area contributed by atoms with Crippen molar-refractivity contribution < 1.29 is 0 Å². The quantitative estimate of drug-likeness (QED) is 0.841. The van der Waals surface area contributed by atoms with Crippen molar-refractivity contribution in [2.24, 2.45) is 0 Å². The number of hydrogen-bond acceptors (Lipinski definition) is 3. The molecular formula is C12H20IN3. The van der Waals surface area contributed by atoms with E-state index in [0.29, 0.717) is 5.92 Å². The Hall–Kier alpha value is -0.390. The van der Waals surface area contributed by atoms with Gasteiger partial charge in [-0.15, -0.1) is 0 Å². The van der Waals surface area contributed by atoms with Crippen LogP contribution in [-0.2, 0) is 5.41 Å². The van der Waals surface area contributed by atoms with Crippen LogP contribution in [0.4, 0.5) is 5.82 Å². The summed E-state index contributed by atoms with van der Waals surface area (Å²) in [4.78, 5) is 9.27. The van der Waals surface area contributed by atoms with Gasteiger partial charge in [-0.05, 0) is 28.5 Å². The molecule has 90 valence electrons. The number of nitrogens with one attached hydrogen (secondary N) is 1. The molecule has 0 saturated heterocycles. The Balaban J connectivity index is 3.40. The molecule has 0 atom stereocenters. The summed E-state index contributed by atoms with van der Waals surface area (Å²) in [6.07, 6.45) is 0. The molecule has 16 heavy (non-hydrogen) atoms. The third-order valence-corrected chi connectivity index (χ3v) is 3.39. The highest BCUT2D eigenvalue weighted by Crippen LogP contribution is 2.28. The Labute approximate surface area is 112 Å². The van der Waals surface area contributed by atoms with Gasteiger partial charge < -0.3 is 5.32 Å². The minimum Gasteiger partial charge on any atom is -0.372 e. The van der Waals surface area contributed by atoms with Crippen molar-refractivity contribution in [3.05, 3.63) is 15.1 Å². The van der Waals surface area contributed by atoms with Gasteiger partial charge in [-0.2, -0.15) is 0 Å². The van der Waals surface area contributed by atoms with E-state index in [4.69, 9.17) is 4.98 Å². The fourth-order valence-electron chi connectivity index (χ4n) is 1.35. The summed E-state index contributed by atoms with van der Waals surface area (Å²) in [6, 6.07) is 0. The highest BCUT2D eigenvalue weighted by Gasteiger charge is 2.22. The minimum absolute atomic E-state index is 0.0143. The van der Waals surface area contributed by atoms with Crippen molar-refractivity contribution in [3.63, 3.8) is 0 Å². The largest absolute Gasteiger partial charge is 0.372 e. The highest BCUT2D eigenvalue weighted by molar-refractivity contribution is 14.1. The third kappa shape index (κ3) is 2.84. The summed E-state index contributed by atoms with van der Waals surface area (Å²) in [6.45, 7) is 10.7. The first-order chi connectivity index (χ1) is 7.27. The molecule has 0 aliphatic carbocycles. The fourth-order valence-corrected chi connectivity index (χ4v) is 2.48. The Morgan fingerprint density at radius 3 is 2.12 bits per heavy atom. The number of halogens is 1. The van der Waals surface area contributed by atoms with Crippen molar-refractivity contribution in [3.8, 4) is 0 Å². The average molecular weight is 333 g/mol. The van der Waals surface area contributed by atoms with Crippen LogP contribution < -0.4 is 5.32 Å². The van der Waals surface area contributed by atoms with Gasteiger partial charge in [0.25, 0.3) is 0 Å². The van der Waals surface area contributed by atoms with Crippen LogP contribution in [0.2, 0.25) is 0 Å². The lowest BCUT2D eigenvalue weighted by Crippen LogP contribution is -2.19. The van der Waals surface area contributed by atoms with Crippen LogP contribution in [0.25, 0.3) is 0 Å². The van der Waals surface area contributed by atoms with E-state index in [1.165, 1.54) is 0 Å². The molecule has 0 unspecified atom stereocenters. The molecule has 0 aliphatic heterocycles. The van der Waals surface area contributed by atoms with E-state index in [9.17, 15) is 0 Å². The molecule has 1 rings (SSSR count). The molecule has 0 aromatic carbocycles. The van der Waals surface area contributed by atoms with E-state index in [2.05, 4.69) is 67.5 Å². The van der Waals surface area contributed by atoms with Gasteiger partial charge in [0.2, 0.25) is 0 Å². The molecule has 0 fully saturated rings. The van der Waals surface area contributed by atoms with Crippen LogP contribution in [0.1, 0.15) is 52.1 Å². The zero-order valence-corrected chi connectivity index (χ0v) is 13.0. The van der Waals surface area contributed by atoms with Crippen LogP contribution in [-0.4, -0.2) is 17.0 Å². The van der Waals surface area contributed by atoms with Crippen LogP contribution >= 0.6 is 22.6 Å². The lowest BCUT2D eigenvalue weighted by Gasteiger charge is -2.20. The van der Waals surface area contributed by atoms with E-state index in [-0.39, 0.29) is 5.41 Å². The average Bonchev–Trinajstić information content (AvgIpc) is 2.15. The zero-order chi connectivity index (χ0) is 12.5. The molecule has 0 bridgehead atoms. The summed E-state index contributed by atoms with van der Waals surface area (Å²) >= 11 is 2.31. The van der Waals surface area contributed by atoms with Gasteiger partial charge in [-0.3, -0.25) is 0 Å². The van der Waals surface area contributed by atoms with Gasteiger partial charge in [-0.25, -0.2) is 9.97 Å². The first-order valence-corrected chi connectivity index (χ1v) is 6.61. The first kappa shape index (κ1) is 13.7. The second-order valence-electron chi connectivity index (χ2n) is 5.25. The van der Waals surface area contributed by atoms with Gasteiger partial charge in [0.05, 0.1) is 9.26 Å². The minimum atomic E-state index is -0.0143. The Morgan fingerprint density at radius 1 is 1.19 bits per heavy atom. The number of hydrogen-bond donors (Lipinski definition) is 1. The fraction of sp³-hybridized carbons (Fsp3) is 0.667. The number of aromatic nitrogens is 2. The van der Waals surface area contributed by atoms with E-state index in [1.54, 1.807) is 0 Å². The molecule has 0 spiro atoms. The maximum atomic E-state index is 4.69. The smallest absolute Gasteiger partial charge is 0.143 e. The number of rotatable bonds is 2. The standard InChI is InChI=1S/C12H20IN3/c1-7(2)9-8(13)10(14-6)16-11(15-9)12(3,4)5/h7H,1-6H3,(H,14,15,16). The summed E-state index contributed by atoms with van der Waals surface area (Å²) in [7, 11) is 1.90. The summed E-state index contributed by atoms with van der Waals surface area (Å²) in [5, 5.41) is 3.14. The lowest BCUT2D eigenvalue weighted by atomic mass is 9.95. The number of nitrogens with zero attached hydrogens (tertiary/aromatic N) is 2. The van der Waals surface area contributed by atoms with E-state index < -0.39 is 0 Å². The molecule has 1 heterocycles. The molecular weight excluding hydrogens is 313 g/mol. The summed E-state index contributed by atoms with van der Waals surface area (Å²) in [5.41, 5.74) is 1.12. The Kier molecular flexibility index (Phi) is 4.15. The number of anilines is 1. The third-order valence-electron chi connectivity index (χ3n) is 2.33. The second kappa shape index (κ2) is 4.85. The second-order valence-corrected chi connectivity index (χ2v) is 6.33. The van der Waals surface area contributed by atoms with E-state index in [0.717, 1.165) is 20.9 Å². The molecule has 0 aliphatic rings. The van der Waals surface area contributed by atoms with Gasteiger partial charge in [-0.1, -0.05) is 34.6 Å². The van der Waals surface area contributed by atoms with Crippen LogP contribution in [0.3, 0.4) is 0 Å². The maximum absolute atomic E-state index is 4.69. The molecule has 0 amide bonds. The molecule has 0 radical (unpaired) electrons. The molecule has 1 aromatic rings. The van der Waals surface area contributed by atoms with Gasteiger partial charge in [0, 0.05) is 12.5 Å². The van der Waals surface area contributed by atoms with Gasteiger partial charge >= 0.3 is 0 Å². The van der Waals surface area contributed by atoms with Gasteiger partial charge in [0.15, 0.2) is 0 Å².